The molecular weight excluding hydrogens is 411 g/mol. The third-order valence-corrected chi connectivity index (χ3v) is 3.90. The number of amides is 2. The van der Waals surface area contributed by atoms with Crippen molar-refractivity contribution >= 4 is 23.2 Å². The van der Waals surface area contributed by atoms with Crippen LogP contribution in [0.25, 0.3) is 5.69 Å². The first-order valence-corrected chi connectivity index (χ1v) is 8.36. The van der Waals surface area contributed by atoms with Gasteiger partial charge in [-0.05, 0) is 30.3 Å². The van der Waals surface area contributed by atoms with Gasteiger partial charge in [0, 0.05) is 12.6 Å². The summed E-state index contributed by atoms with van der Waals surface area (Å²) >= 11 is 0. The summed E-state index contributed by atoms with van der Waals surface area (Å²) in [5.74, 6) is -3.70. The molecule has 2 amide bonds. The SMILES string of the molecule is CC(=O)Nc1ccc(F)c(NC(=O)c2cnn(-c3ccccc3F)c2C(F)(F)F)c1. The zero-order chi connectivity index (χ0) is 22.1. The molecular formula is C19H13F5N4O2. The van der Waals surface area contributed by atoms with Crippen molar-refractivity contribution in [3.05, 3.63) is 71.6 Å². The van der Waals surface area contributed by atoms with Crippen LogP contribution < -0.4 is 10.6 Å². The molecule has 11 heteroatoms. The van der Waals surface area contributed by atoms with Crippen molar-refractivity contribution in [1.29, 1.82) is 0 Å². The van der Waals surface area contributed by atoms with Crippen molar-refractivity contribution in [3.8, 4) is 5.69 Å². The van der Waals surface area contributed by atoms with Crippen LogP contribution in [0.3, 0.4) is 0 Å². The van der Waals surface area contributed by atoms with Gasteiger partial charge >= 0.3 is 6.18 Å². The van der Waals surface area contributed by atoms with E-state index < -0.39 is 52.3 Å². The largest absolute Gasteiger partial charge is 0.434 e. The first-order chi connectivity index (χ1) is 14.1. The van der Waals surface area contributed by atoms with Gasteiger partial charge in [0.05, 0.1) is 17.4 Å². The summed E-state index contributed by atoms with van der Waals surface area (Å²) in [5, 5.41) is 7.88. The highest BCUT2D eigenvalue weighted by molar-refractivity contribution is 6.05. The molecule has 30 heavy (non-hydrogen) atoms. The second-order valence-corrected chi connectivity index (χ2v) is 6.10. The third-order valence-electron chi connectivity index (χ3n) is 3.90. The topological polar surface area (TPSA) is 76.0 Å². The molecule has 156 valence electrons. The Bertz CT molecular complexity index is 1120. The maximum Gasteiger partial charge on any atom is 0.434 e. The van der Waals surface area contributed by atoms with Crippen molar-refractivity contribution in [3.63, 3.8) is 0 Å². The van der Waals surface area contributed by atoms with Crippen LogP contribution >= 0.6 is 0 Å². The number of benzene rings is 2. The predicted octanol–water partition coefficient (Wildman–Crippen LogP) is 4.38. The van der Waals surface area contributed by atoms with Crippen LogP contribution in [-0.4, -0.2) is 21.6 Å². The number of rotatable bonds is 4. The number of hydrogen-bond donors (Lipinski definition) is 2. The van der Waals surface area contributed by atoms with Crippen LogP contribution in [0.4, 0.5) is 33.3 Å². The molecule has 6 nitrogen and oxygen atoms in total. The summed E-state index contributed by atoms with van der Waals surface area (Å²) in [5.41, 5.74) is -3.31. The van der Waals surface area contributed by atoms with E-state index in [2.05, 4.69) is 10.4 Å². The van der Waals surface area contributed by atoms with Crippen LogP contribution in [0.1, 0.15) is 23.0 Å². The standard InChI is InChI=1S/C19H13F5N4O2/c1-10(29)26-11-6-7-13(20)15(8-11)27-18(30)12-9-25-28(17(12)19(22,23)24)16-5-3-2-4-14(16)21/h2-9H,1H3,(H,26,29)(H,27,30). The summed E-state index contributed by atoms with van der Waals surface area (Å²) in [6, 6.07) is 7.79. The monoisotopic (exact) mass is 424 g/mol. The Morgan fingerprint density at radius 2 is 1.70 bits per heavy atom. The van der Waals surface area contributed by atoms with Gasteiger partial charge in [-0.2, -0.15) is 18.3 Å². The molecule has 0 spiro atoms. The molecule has 0 saturated carbocycles. The van der Waals surface area contributed by atoms with Crippen LogP contribution in [0.5, 0.6) is 0 Å². The van der Waals surface area contributed by atoms with Crippen LogP contribution in [0.2, 0.25) is 0 Å². The number of anilines is 2. The molecule has 0 aliphatic heterocycles. The fourth-order valence-electron chi connectivity index (χ4n) is 2.69. The fourth-order valence-corrected chi connectivity index (χ4v) is 2.69. The molecule has 0 fully saturated rings. The molecule has 0 aliphatic rings. The van der Waals surface area contributed by atoms with Crippen molar-refractivity contribution in [2.24, 2.45) is 0 Å². The van der Waals surface area contributed by atoms with Gasteiger partial charge < -0.3 is 10.6 Å². The number of aromatic nitrogens is 2. The predicted molar refractivity (Wildman–Crippen MR) is 97.2 cm³/mol. The number of nitrogens with one attached hydrogen (secondary N) is 2. The first kappa shape index (κ1) is 21.0. The summed E-state index contributed by atoms with van der Waals surface area (Å²) in [4.78, 5) is 23.6. The first-order valence-electron chi connectivity index (χ1n) is 8.36. The average molecular weight is 424 g/mol. The van der Waals surface area contributed by atoms with E-state index in [9.17, 15) is 31.5 Å². The zero-order valence-electron chi connectivity index (χ0n) is 15.2. The molecule has 2 aromatic carbocycles. The van der Waals surface area contributed by atoms with Gasteiger partial charge in [-0.3, -0.25) is 9.59 Å². The number of alkyl halides is 3. The molecule has 2 N–H and O–H groups in total. The molecule has 3 rings (SSSR count). The van der Waals surface area contributed by atoms with Gasteiger partial charge in [0.25, 0.3) is 5.91 Å². The fraction of sp³-hybridized carbons (Fsp3) is 0.105. The molecule has 1 aromatic heterocycles. The van der Waals surface area contributed by atoms with E-state index in [1.165, 1.54) is 25.1 Å². The van der Waals surface area contributed by atoms with Crippen molar-refractivity contribution in [2.75, 3.05) is 10.6 Å². The lowest BCUT2D eigenvalue weighted by Crippen LogP contribution is -2.21. The minimum Gasteiger partial charge on any atom is -0.326 e. The average Bonchev–Trinajstić information content (AvgIpc) is 3.10. The Morgan fingerprint density at radius 3 is 2.33 bits per heavy atom. The number of halogens is 5. The maximum absolute atomic E-state index is 14.0. The van der Waals surface area contributed by atoms with E-state index in [0.29, 0.717) is 6.20 Å². The lowest BCUT2D eigenvalue weighted by molar-refractivity contribution is -0.143. The summed E-state index contributed by atoms with van der Waals surface area (Å²) in [6.07, 6.45) is -4.46. The molecule has 0 radical (unpaired) electrons. The van der Waals surface area contributed by atoms with E-state index in [1.54, 1.807) is 0 Å². The summed E-state index contributed by atoms with van der Waals surface area (Å²) < 4.78 is 69.3. The second-order valence-electron chi connectivity index (χ2n) is 6.10. The van der Waals surface area contributed by atoms with E-state index in [1.807, 2.05) is 5.32 Å². The molecule has 0 atom stereocenters. The van der Waals surface area contributed by atoms with Crippen LogP contribution in [0, 0.1) is 11.6 Å². The molecule has 3 aromatic rings. The smallest absolute Gasteiger partial charge is 0.326 e. The summed E-state index contributed by atoms with van der Waals surface area (Å²) in [6.45, 7) is 1.20. The quantitative estimate of drug-likeness (QED) is 0.611. The summed E-state index contributed by atoms with van der Waals surface area (Å²) in [7, 11) is 0. The number of para-hydroxylation sites is 1. The van der Waals surface area contributed by atoms with Crippen LogP contribution in [-0.2, 0) is 11.0 Å². The Labute approximate surface area is 166 Å². The Kier molecular flexibility index (Phi) is 5.54. The van der Waals surface area contributed by atoms with Crippen molar-refractivity contribution in [2.45, 2.75) is 13.1 Å². The highest BCUT2D eigenvalue weighted by Crippen LogP contribution is 2.34. The molecule has 1 heterocycles. The lowest BCUT2D eigenvalue weighted by Gasteiger charge is -2.14. The number of nitrogens with zero attached hydrogens (tertiary/aromatic N) is 2. The molecule has 0 saturated heterocycles. The molecule has 0 aliphatic carbocycles. The molecule has 0 unspecified atom stereocenters. The maximum atomic E-state index is 14.0. The number of hydrogen-bond acceptors (Lipinski definition) is 3. The normalized spacial score (nSPS) is 11.3. The zero-order valence-corrected chi connectivity index (χ0v) is 15.2. The van der Waals surface area contributed by atoms with E-state index >= 15 is 0 Å². The van der Waals surface area contributed by atoms with Gasteiger partial charge in [0.1, 0.15) is 17.3 Å². The number of carbonyl (C=O) groups excluding carboxylic acids is 2. The lowest BCUT2D eigenvalue weighted by atomic mass is 10.2. The van der Waals surface area contributed by atoms with E-state index in [4.69, 9.17) is 0 Å². The second kappa shape index (κ2) is 7.93. The molecule has 0 bridgehead atoms. The minimum absolute atomic E-state index is 0.122. The van der Waals surface area contributed by atoms with Gasteiger partial charge in [-0.25, -0.2) is 13.5 Å². The Balaban J connectivity index is 2.02. The van der Waals surface area contributed by atoms with Crippen LogP contribution in [0.15, 0.2) is 48.7 Å². The highest BCUT2D eigenvalue weighted by Gasteiger charge is 2.41. The van der Waals surface area contributed by atoms with Gasteiger partial charge in [0.15, 0.2) is 5.69 Å². The van der Waals surface area contributed by atoms with Gasteiger partial charge in [-0.1, -0.05) is 12.1 Å². The van der Waals surface area contributed by atoms with Gasteiger partial charge in [-0.15, -0.1) is 0 Å². The number of carbonyl (C=O) groups is 2. The Morgan fingerprint density at radius 1 is 1.00 bits per heavy atom. The third kappa shape index (κ3) is 4.29. The van der Waals surface area contributed by atoms with E-state index in [-0.39, 0.29) is 10.4 Å². The van der Waals surface area contributed by atoms with Crippen molar-refractivity contribution in [1.82, 2.24) is 9.78 Å². The van der Waals surface area contributed by atoms with Gasteiger partial charge in [0.2, 0.25) is 5.91 Å². The van der Waals surface area contributed by atoms with E-state index in [0.717, 1.165) is 24.3 Å². The highest BCUT2D eigenvalue weighted by atomic mass is 19.4. The van der Waals surface area contributed by atoms with Crippen molar-refractivity contribution < 1.29 is 31.5 Å². The Hall–Kier alpha value is -3.76. The minimum atomic E-state index is -5.07.